The molecule has 0 aliphatic heterocycles. The summed E-state index contributed by atoms with van der Waals surface area (Å²) >= 11 is 0. The van der Waals surface area contributed by atoms with Gasteiger partial charge in [0.2, 0.25) is 0 Å². The lowest BCUT2D eigenvalue weighted by Crippen LogP contribution is -2.13. The molecular formula is C14H14N4. The highest BCUT2D eigenvalue weighted by Gasteiger charge is 2.16. The lowest BCUT2D eigenvalue weighted by atomic mass is 10.0. The van der Waals surface area contributed by atoms with Crippen molar-refractivity contribution in [1.29, 1.82) is 0 Å². The molecule has 0 radical (unpaired) electrons. The fourth-order valence-corrected chi connectivity index (χ4v) is 2.19. The summed E-state index contributed by atoms with van der Waals surface area (Å²) in [4.78, 5) is 4.10. The molecule has 0 saturated carbocycles. The van der Waals surface area contributed by atoms with Gasteiger partial charge >= 0.3 is 0 Å². The SMILES string of the molecule is Cn1nc(C(N)c2cccnc2)c2ccccc21. The Morgan fingerprint density at radius 1 is 1.17 bits per heavy atom. The van der Waals surface area contributed by atoms with Crippen molar-refractivity contribution in [3.05, 3.63) is 60.0 Å². The van der Waals surface area contributed by atoms with Crippen molar-refractivity contribution in [1.82, 2.24) is 14.8 Å². The Morgan fingerprint density at radius 2 is 2.00 bits per heavy atom. The van der Waals surface area contributed by atoms with Crippen LogP contribution in [0.4, 0.5) is 0 Å². The average molecular weight is 238 g/mol. The molecule has 0 fully saturated rings. The van der Waals surface area contributed by atoms with Crippen LogP contribution in [0.15, 0.2) is 48.8 Å². The van der Waals surface area contributed by atoms with Crippen molar-refractivity contribution in [2.75, 3.05) is 0 Å². The van der Waals surface area contributed by atoms with E-state index in [4.69, 9.17) is 5.73 Å². The maximum absolute atomic E-state index is 6.28. The fourth-order valence-electron chi connectivity index (χ4n) is 2.19. The first-order valence-corrected chi connectivity index (χ1v) is 5.84. The number of para-hydroxylation sites is 1. The smallest absolute Gasteiger partial charge is 0.0916 e. The molecule has 1 atom stereocenters. The maximum Gasteiger partial charge on any atom is 0.0916 e. The third-order valence-corrected chi connectivity index (χ3v) is 3.12. The average Bonchev–Trinajstić information content (AvgIpc) is 2.77. The molecule has 2 heterocycles. The van der Waals surface area contributed by atoms with Gasteiger partial charge in [0.15, 0.2) is 0 Å². The van der Waals surface area contributed by atoms with Gasteiger partial charge in [-0.2, -0.15) is 5.10 Å². The van der Waals surface area contributed by atoms with Crippen molar-refractivity contribution in [2.24, 2.45) is 12.8 Å². The van der Waals surface area contributed by atoms with E-state index in [1.807, 2.05) is 48.1 Å². The molecule has 2 N–H and O–H groups in total. The Bertz CT molecular complexity index is 673. The Labute approximate surface area is 105 Å². The van der Waals surface area contributed by atoms with Crippen LogP contribution in [0.2, 0.25) is 0 Å². The van der Waals surface area contributed by atoms with Crippen molar-refractivity contribution in [3.8, 4) is 0 Å². The number of aryl methyl sites for hydroxylation is 1. The predicted octanol–water partition coefficient (Wildman–Crippen LogP) is 2.02. The summed E-state index contributed by atoms with van der Waals surface area (Å²) in [5.41, 5.74) is 9.23. The zero-order chi connectivity index (χ0) is 12.5. The van der Waals surface area contributed by atoms with E-state index in [0.29, 0.717) is 0 Å². The second-order valence-corrected chi connectivity index (χ2v) is 4.29. The molecular weight excluding hydrogens is 224 g/mol. The van der Waals surface area contributed by atoms with Gasteiger partial charge in [0.25, 0.3) is 0 Å². The number of hydrogen-bond acceptors (Lipinski definition) is 3. The molecule has 18 heavy (non-hydrogen) atoms. The van der Waals surface area contributed by atoms with E-state index in [2.05, 4.69) is 10.1 Å². The summed E-state index contributed by atoms with van der Waals surface area (Å²) in [5, 5.41) is 5.62. The molecule has 0 saturated heterocycles. The molecule has 1 unspecified atom stereocenters. The van der Waals surface area contributed by atoms with E-state index in [1.54, 1.807) is 12.4 Å². The lowest BCUT2D eigenvalue weighted by molar-refractivity contribution is 0.730. The van der Waals surface area contributed by atoms with Gasteiger partial charge in [-0.15, -0.1) is 0 Å². The van der Waals surface area contributed by atoms with Gasteiger partial charge in [-0.3, -0.25) is 9.67 Å². The second kappa shape index (κ2) is 4.23. The van der Waals surface area contributed by atoms with Gasteiger partial charge in [0.1, 0.15) is 0 Å². The minimum atomic E-state index is -0.246. The number of nitrogens with zero attached hydrogens (tertiary/aromatic N) is 3. The third kappa shape index (κ3) is 1.67. The molecule has 2 aromatic heterocycles. The van der Waals surface area contributed by atoms with Crippen LogP contribution in [0.1, 0.15) is 17.3 Å². The molecule has 0 bridgehead atoms. The van der Waals surface area contributed by atoms with Crippen molar-refractivity contribution < 1.29 is 0 Å². The number of aromatic nitrogens is 3. The summed E-state index contributed by atoms with van der Waals surface area (Å²) < 4.78 is 1.86. The normalized spacial score (nSPS) is 12.8. The van der Waals surface area contributed by atoms with Gasteiger partial charge in [-0.05, 0) is 17.7 Å². The first-order valence-electron chi connectivity index (χ1n) is 5.84. The van der Waals surface area contributed by atoms with Crippen molar-refractivity contribution in [2.45, 2.75) is 6.04 Å². The van der Waals surface area contributed by atoms with Crippen LogP contribution in [0.3, 0.4) is 0 Å². The highest BCUT2D eigenvalue weighted by Crippen LogP contribution is 2.25. The largest absolute Gasteiger partial charge is 0.319 e. The van der Waals surface area contributed by atoms with E-state index in [-0.39, 0.29) is 6.04 Å². The van der Waals surface area contributed by atoms with Crippen LogP contribution in [0, 0.1) is 0 Å². The van der Waals surface area contributed by atoms with Crippen LogP contribution < -0.4 is 5.73 Å². The minimum absolute atomic E-state index is 0.246. The van der Waals surface area contributed by atoms with E-state index in [9.17, 15) is 0 Å². The predicted molar refractivity (Wildman–Crippen MR) is 71.0 cm³/mol. The van der Waals surface area contributed by atoms with Gasteiger partial charge < -0.3 is 5.73 Å². The number of nitrogens with two attached hydrogens (primary N) is 1. The Balaban J connectivity index is 2.15. The van der Waals surface area contributed by atoms with Crippen molar-refractivity contribution in [3.63, 3.8) is 0 Å². The van der Waals surface area contributed by atoms with E-state index < -0.39 is 0 Å². The van der Waals surface area contributed by atoms with Crippen LogP contribution in [0.5, 0.6) is 0 Å². The molecule has 0 spiro atoms. The van der Waals surface area contributed by atoms with Gasteiger partial charge in [0.05, 0.1) is 17.3 Å². The Hall–Kier alpha value is -2.20. The van der Waals surface area contributed by atoms with Crippen LogP contribution in [0.25, 0.3) is 10.9 Å². The summed E-state index contributed by atoms with van der Waals surface area (Å²) in [6, 6.07) is 11.7. The van der Waals surface area contributed by atoms with Crippen LogP contribution in [-0.2, 0) is 7.05 Å². The van der Waals surface area contributed by atoms with Crippen LogP contribution >= 0.6 is 0 Å². The van der Waals surface area contributed by atoms with E-state index in [0.717, 1.165) is 22.2 Å². The number of rotatable bonds is 2. The first-order chi connectivity index (χ1) is 8.77. The molecule has 4 heteroatoms. The molecule has 3 aromatic rings. The molecule has 4 nitrogen and oxygen atoms in total. The Kier molecular flexibility index (Phi) is 2.57. The molecule has 90 valence electrons. The third-order valence-electron chi connectivity index (χ3n) is 3.12. The summed E-state index contributed by atoms with van der Waals surface area (Å²) in [5.74, 6) is 0. The topological polar surface area (TPSA) is 56.7 Å². The Morgan fingerprint density at radius 3 is 2.78 bits per heavy atom. The fraction of sp³-hybridized carbons (Fsp3) is 0.143. The number of benzene rings is 1. The molecule has 3 rings (SSSR count). The van der Waals surface area contributed by atoms with E-state index >= 15 is 0 Å². The quantitative estimate of drug-likeness (QED) is 0.743. The maximum atomic E-state index is 6.28. The van der Waals surface area contributed by atoms with Gasteiger partial charge in [-0.25, -0.2) is 0 Å². The van der Waals surface area contributed by atoms with Gasteiger partial charge in [-0.1, -0.05) is 24.3 Å². The lowest BCUT2D eigenvalue weighted by Gasteiger charge is -2.08. The zero-order valence-corrected chi connectivity index (χ0v) is 10.1. The van der Waals surface area contributed by atoms with E-state index in [1.165, 1.54) is 0 Å². The highest BCUT2D eigenvalue weighted by molar-refractivity contribution is 5.82. The standard InChI is InChI=1S/C14H14N4/c1-18-12-7-3-2-6-11(12)14(17-18)13(15)10-5-4-8-16-9-10/h2-9,13H,15H2,1H3. The van der Waals surface area contributed by atoms with Crippen LogP contribution in [-0.4, -0.2) is 14.8 Å². The number of fused-ring (bicyclic) bond motifs is 1. The summed E-state index contributed by atoms with van der Waals surface area (Å²) in [6.07, 6.45) is 3.53. The first kappa shape index (κ1) is 10.9. The van der Waals surface area contributed by atoms with Gasteiger partial charge in [0, 0.05) is 24.8 Å². The van der Waals surface area contributed by atoms with Crippen molar-refractivity contribution >= 4 is 10.9 Å². The second-order valence-electron chi connectivity index (χ2n) is 4.29. The molecule has 0 aliphatic rings. The highest BCUT2D eigenvalue weighted by atomic mass is 15.3. The summed E-state index contributed by atoms with van der Waals surface area (Å²) in [6.45, 7) is 0. The molecule has 1 aromatic carbocycles. The number of pyridine rings is 1. The zero-order valence-electron chi connectivity index (χ0n) is 10.1. The molecule has 0 amide bonds. The number of hydrogen-bond donors (Lipinski definition) is 1. The minimum Gasteiger partial charge on any atom is -0.319 e. The summed E-state index contributed by atoms with van der Waals surface area (Å²) in [7, 11) is 1.93. The molecule has 0 aliphatic carbocycles. The monoisotopic (exact) mass is 238 g/mol.